The van der Waals surface area contributed by atoms with Gasteiger partial charge in [-0.05, 0) is 53.0 Å². The van der Waals surface area contributed by atoms with Crippen LogP contribution in [0.3, 0.4) is 0 Å². The number of rotatable bonds is 6. The highest BCUT2D eigenvalue weighted by molar-refractivity contribution is 5.62. The molecule has 0 spiro atoms. The first-order valence-corrected chi connectivity index (χ1v) is 8.89. The molecule has 0 amide bonds. The van der Waals surface area contributed by atoms with Crippen LogP contribution < -0.4 is 9.64 Å². The third-order valence-electron chi connectivity index (χ3n) is 5.07. The van der Waals surface area contributed by atoms with E-state index < -0.39 is 0 Å². The van der Waals surface area contributed by atoms with E-state index in [0.29, 0.717) is 12.6 Å². The molecule has 0 saturated heterocycles. The summed E-state index contributed by atoms with van der Waals surface area (Å²) in [7, 11) is 0. The Labute approximate surface area is 136 Å². The normalized spacial score (nSPS) is 16.6. The maximum absolute atomic E-state index is 5.98. The standard InChI is InChI=1S/C19H32N2O/c1-6-19(4,5)21(16-11-9-8-10-12-16)17-13-14-20-15(3)18(17)22-7-2/h13-14,16H,6-12H2,1-5H3. The first-order chi connectivity index (χ1) is 10.5. The summed E-state index contributed by atoms with van der Waals surface area (Å²) in [5, 5.41) is 0. The van der Waals surface area contributed by atoms with Crippen LogP contribution in [-0.2, 0) is 0 Å². The topological polar surface area (TPSA) is 25.4 Å². The highest BCUT2D eigenvalue weighted by atomic mass is 16.5. The molecule has 1 aromatic rings. The van der Waals surface area contributed by atoms with Gasteiger partial charge in [0.1, 0.15) is 0 Å². The zero-order valence-electron chi connectivity index (χ0n) is 15.0. The fraction of sp³-hybridized carbons (Fsp3) is 0.737. The Morgan fingerprint density at radius 1 is 1.23 bits per heavy atom. The van der Waals surface area contributed by atoms with Crippen LogP contribution in [0.1, 0.15) is 71.9 Å². The molecular formula is C19H32N2O. The Bertz CT molecular complexity index is 478. The van der Waals surface area contributed by atoms with E-state index in [1.807, 2.05) is 20.0 Å². The van der Waals surface area contributed by atoms with E-state index in [9.17, 15) is 0 Å². The Morgan fingerprint density at radius 2 is 1.91 bits per heavy atom. The maximum Gasteiger partial charge on any atom is 0.163 e. The second-order valence-corrected chi connectivity index (χ2v) is 7.01. The van der Waals surface area contributed by atoms with Crippen LogP contribution >= 0.6 is 0 Å². The molecule has 0 aliphatic heterocycles. The second kappa shape index (κ2) is 7.34. The molecule has 1 aliphatic rings. The van der Waals surface area contributed by atoms with Crippen LogP contribution in [0.2, 0.25) is 0 Å². The van der Waals surface area contributed by atoms with Gasteiger partial charge in [0.25, 0.3) is 0 Å². The van der Waals surface area contributed by atoms with E-state index in [2.05, 4.69) is 36.7 Å². The van der Waals surface area contributed by atoms with Crippen molar-refractivity contribution in [1.82, 2.24) is 4.98 Å². The number of nitrogens with zero attached hydrogens (tertiary/aromatic N) is 2. The third-order valence-corrected chi connectivity index (χ3v) is 5.07. The largest absolute Gasteiger partial charge is 0.490 e. The highest BCUT2D eigenvalue weighted by Gasteiger charge is 2.34. The molecular weight excluding hydrogens is 272 g/mol. The van der Waals surface area contributed by atoms with E-state index in [0.717, 1.165) is 17.9 Å². The SMILES string of the molecule is CCOc1c(N(C2CCCCC2)C(C)(C)CC)ccnc1C. The first-order valence-electron chi connectivity index (χ1n) is 8.89. The number of anilines is 1. The van der Waals surface area contributed by atoms with Crippen LogP contribution in [0.15, 0.2) is 12.3 Å². The van der Waals surface area contributed by atoms with Crippen LogP contribution in [0.25, 0.3) is 0 Å². The molecule has 0 N–H and O–H groups in total. The number of pyridine rings is 1. The van der Waals surface area contributed by atoms with E-state index in [1.165, 1.54) is 37.8 Å². The molecule has 3 heteroatoms. The minimum absolute atomic E-state index is 0.127. The van der Waals surface area contributed by atoms with Crippen molar-refractivity contribution in [2.24, 2.45) is 0 Å². The van der Waals surface area contributed by atoms with Crippen molar-refractivity contribution in [2.45, 2.75) is 84.7 Å². The van der Waals surface area contributed by atoms with Crippen LogP contribution in [0, 0.1) is 6.92 Å². The fourth-order valence-corrected chi connectivity index (χ4v) is 3.58. The Hall–Kier alpha value is -1.25. The van der Waals surface area contributed by atoms with Gasteiger partial charge in [-0.25, -0.2) is 0 Å². The van der Waals surface area contributed by atoms with E-state index in [-0.39, 0.29) is 5.54 Å². The summed E-state index contributed by atoms with van der Waals surface area (Å²) >= 11 is 0. The molecule has 0 atom stereocenters. The Kier molecular flexibility index (Phi) is 5.71. The van der Waals surface area contributed by atoms with Crippen LogP contribution in [0.4, 0.5) is 5.69 Å². The van der Waals surface area contributed by atoms with Gasteiger partial charge in [-0.2, -0.15) is 0 Å². The van der Waals surface area contributed by atoms with Gasteiger partial charge in [-0.1, -0.05) is 26.2 Å². The molecule has 22 heavy (non-hydrogen) atoms. The summed E-state index contributed by atoms with van der Waals surface area (Å²) < 4.78 is 5.98. The van der Waals surface area contributed by atoms with Crippen molar-refractivity contribution in [2.75, 3.05) is 11.5 Å². The summed E-state index contributed by atoms with van der Waals surface area (Å²) in [6.07, 6.45) is 9.69. The molecule has 0 bridgehead atoms. The molecule has 2 rings (SSSR count). The van der Waals surface area contributed by atoms with Crippen LogP contribution in [-0.4, -0.2) is 23.2 Å². The summed E-state index contributed by atoms with van der Waals surface area (Å²) in [4.78, 5) is 7.07. The smallest absolute Gasteiger partial charge is 0.163 e. The van der Waals surface area contributed by atoms with Crippen molar-refractivity contribution in [3.05, 3.63) is 18.0 Å². The summed E-state index contributed by atoms with van der Waals surface area (Å²) in [6.45, 7) is 11.8. The predicted octanol–water partition coefficient (Wildman–Crippen LogP) is 5.12. The van der Waals surface area contributed by atoms with Crippen molar-refractivity contribution >= 4 is 5.69 Å². The summed E-state index contributed by atoms with van der Waals surface area (Å²) in [6, 6.07) is 2.76. The van der Waals surface area contributed by atoms with Crippen molar-refractivity contribution < 1.29 is 4.74 Å². The lowest BCUT2D eigenvalue weighted by Gasteiger charge is -2.47. The molecule has 0 unspecified atom stereocenters. The van der Waals surface area contributed by atoms with Gasteiger partial charge in [0.05, 0.1) is 18.0 Å². The van der Waals surface area contributed by atoms with E-state index in [1.54, 1.807) is 0 Å². The van der Waals surface area contributed by atoms with E-state index >= 15 is 0 Å². The zero-order valence-corrected chi connectivity index (χ0v) is 15.0. The lowest BCUT2D eigenvalue weighted by molar-refractivity contribution is 0.311. The number of ether oxygens (including phenoxy) is 1. The third kappa shape index (κ3) is 3.56. The molecule has 1 aliphatic carbocycles. The Balaban J connectivity index is 2.46. The minimum atomic E-state index is 0.127. The van der Waals surface area contributed by atoms with Gasteiger partial charge in [0, 0.05) is 17.8 Å². The van der Waals surface area contributed by atoms with E-state index in [4.69, 9.17) is 4.74 Å². The van der Waals surface area contributed by atoms with Gasteiger partial charge in [0.2, 0.25) is 0 Å². The summed E-state index contributed by atoms with van der Waals surface area (Å²) in [5.74, 6) is 0.970. The number of hydrogen-bond donors (Lipinski definition) is 0. The molecule has 0 radical (unpaired) electrons. The monoisotopic (exact) mass is 304 g/mol. The average molecular weight is 304 g/mol. The first kappa shape index (κ1) is 17.1. The van der Waals surface area contributed by atoms with Gasteiger partial charge in [-0.15, -0.1) is 0 Å². The second-order valence-electron chi connectivity index (χ2n) is 7.01. The van der Waals surface area contributed by atoms with Gasteiger partial charge >= 0.3 is 0 Å². The lowest BCUT2D eigenvalue weighted by Crippen LogP contribution is -2.51. The average Bonchev–Trinajstić information content (AvgIpc) is 2.52. The van der Waals surface area contributed by atoms with Crippen LogP contribution in [0.5, 0.6) is 5.75 Å². The lowest BCUT2D eigenvalue weighted by atomic mass is 9.88. The molecule has 1 aromatic heterocycles. The molecule has 124 valence electrons. The molecule has 1 heterocycles. The highest BCUT2D eigenvalue weighted by Crippen LogP contribution is 2.40. The number of aryl methyl sites for hydroxylation is 1. The predicted molar refractivity (Wildman–Crippen MR) is 93.9 cm³/mol. The minimum Gasteiger partial charge on any atom is -0.490 e. The molecule has 0 aromatic carbocycles. The van der Waals surface area contributed by atoms with Gasteiger partial charge < -0.3 is 9.64 Å². The van der Waals surface area contributed by atoms with Gasteiger partial charge in [-0.3, -0.25) is 4.98 Å². The quantitative estimate of drug-likeness (QED) is 0.729. The van der Waals surface area contributed by atoms with Crippen molar-refractivity contribution in [3.8, 4) is 5.75 Å². The Morgan fingerprint density at radius 3 is 2.50 bits per heavy atom. The van der Waals surface area contributed by atoms with Gasteiger partial charge in [0.15, 0.2) is 5.75 Å². The number of hydrogen-bond acceptors (Lipinski definition) is 3. The van der Waals surface area contributed by atoms with Crippen molar-refractivity contribution in [1.29, 1.82) is 0 Å². The summed E-state index contributed by atoms with van der Waals surface area (Å²) in [5.41, 5.74) is 2.35. The molecule has 1 fully saturated rings. The van der Waals surface area contributed by atoms with Crippen molar-refractivity contribution in [3.63, 3.8) is 0 Å². The number of aromatic nitrogens is 1. The fourth-order valence-electron chi connectivity index (χ4n) is 3.58. The zero-order chi connectivity index (χ0) is 16.2. The molecule has 3 nitrogen and oxygen atoms in total. The maximum atomic E-state index is 5.98. The molecule has 1 saturated carbocycles.